The quantitative estimate of drug-likeness (QED) is 0.789. The summed E-state index contributed by atoms with van der Waals surface area (Å²) in [4.78, 5) is 22.4. The summed E-state index contributed by atoms with van der Waals surface area (Å²) in [7, 11) is 1.73. The van der Waals surface area contributed by atoms with Gasteiger partial charge in [-0.15, -0.1) is 0 Å². The number of nitrogens with one attached hydrogen (secondary N) is 1. The highest BCUT2D eigenvalue weighted by Gasteiger charge is 2.23. The molecule has 1 N–H and O–H groups in total. The lowest BCUT2D eigenvalue weighted by molar-refractivity contribution is 0.213. The first kappa shape index (κ1) is 16.8. The van der Waals surface area contributed by atoms with Gasteiger partial charge in [-0.25, -0.2) is 4.98 Å². The van der Waals surface area contributed by atoms with Gasteiger partial charge in [-0.3, -0.25) is 9.69 Å². The fourth-order valence-corrected chi connectivity index (χ4v) is 3.81. The van der Waals surface area contributed by atoms with Gasteiger partial charge in [0.15, 0.2) is 0 Å². The number of aromatic amines is 1. The average molecular weight is 349 g/mol. The number of hydrogen-bond acceptors (Lipinski definition) is 4. The molecule has 1 unspecified atom stereocenters. The molecule has 0 saturated heterocycles. The number of fused-ring (bicyclic) bond motifs is 2. The van der Waals surface area contributed by atoms with E-state index in [1.165, 1.54) is 11.1 Å². The Morgan fingerprint density at radius 2 is 1.92 bits per heavy atom. The van der Waals surface area contributed by atoms with Crippen LogP contribution in [0.2, 0.25) is 0 Å². The van der Waals surface area contributed by atoms with Crippen LogP contribution in [0.1, 0.15) is 29.9 Å². The normalized spacial score (nSPS) is 16.1. The number of aromatic nitrogens is 2. The average Bonchev–Trinajstić information content (AvgIpc) is 2.90. The van der Waals surface area contributed by atoms with Crippen LogP contribution in [-0.2, 0) is 12.8 Å². The molecule has 2 aromatic carbocycles. The Morgan fingerprint density at radius 3 is 2.77 bits per heavy atom. The molecule has 1 aliphatic heterocycles. The zero-order valence-corrected chi connectivity index (χ0v) is 15.2. The molecule has 5 nitrogen and oxygen atoms in total. The molecule has 0 radical (unpaired) electrons. The molecule has 0 bridgehead atoms. The van der Waals surface area contributed by atoms with E-state index in [1.54, 1.807) is 7.11 Å². The van der Waals surface area contributed by atoms with E-state index < -0.39 is 0 Å². The molecule has 0 amide bonds. The van der Waals surface area contributed by atoms with Crippen molar-refractivity contribution in [3.63, 3.8) is 0 Å². The van der Waals surface area contributed by atoms with E-state index in [1.807, 2.05) is 30.3 Å². The summed E-state index contributed by atoms with van der Waals surface area (Å²) in [6.45, 7) is 3.95. The molecule has 2 heterocycles. The van der Waals surface area contributed by atoms with Crippen molar-refractivity contribution < 1.29 is 4.74 Å². The zero-order chi connectivity index (χ0) is 18.1. The number of ether oxygens (including phenoxy) is 1. The Balaban J connectivity index is 1.62. The second kappa shape index (κ2) is 6.92. The third-order valence-electron chi connectivity index (χ3n) is 5.34. The van der Waals surface area contributed by atoms with E-state index in [0.29, 0.717) is 5.39 Å². The number of methoxy groups -OCH3 is 1. The highest BCUT2D eigenvalue weighted by molar-refractivity contribution is 5.77. The Kier molecular flexibility index (Phi) is 4.47. The molecular weight excluding hydrogens is 326 g/mol. The Labute approximate surface area is 152 Å². The highest BCUT2D eigenvalue weighted by atomic mass is 16.5. The van der Waals surface area contributed by atoms with E-state index in [-0.39, 0.29) is 11.6 Å². The van der Waals surface area contributed by atoms with E-state index in [9.17, 15) is 4.79 Å². The number of para-hydroxylation sites is 1. The van der Waals surface area contributed by atoms with Crippen LogP contribution in [0.5, 0.6) is 5.75 Å². The van der Waals surface area contributed by atoms with Crippen LogP contribution < -0.4 is 10.3 Å². The lowest BCUT2D eigenvalue weighted by Gasteiger charge is -2.26. The summed E-state index contributed by atoms with van der Waals surface area (Å²) in [6.07, 6.45) is 1.90. The maximum absolute atomic E-state index is 12.4. The lowest BCUT2D eigenvalue weighted by Crippen LogP contribution is -2.31. The standard InChI is InChI=1S/C21H23N3O2/c1-14(20-22-18-8-4-3-7-17(18)21(25)23-20)24-12-10-15-6-5-9-19(26-2)16(15)11-13-24/h3-9,14H,10-13H2,1-2H3,(H,22,23,25). The molecule has 1 atom stereocenters. The molecule has 0 fully saturated rings. The first-order valence-corrected chi connectivity index (χ1v) is 9.05. The number of benzene rings is 2. The highest BCUT2D eigenvalue weighted by Crippen LogP contribution is 2.28. The number of hydrogen-bond donors (Lipinski definition) is 1. The van der Waals surface area contributed by atoms with Gasteiger partial charge in [0.1, 0.15) is 11.6 Å². The molecular formula is C21H23N3O2. The van der Waals surface area contributed by atoms with E-state index in [4.69, 9.17) is 9.72 Å². The predicted octanol–water partition coefficient (Wildman–Crippen LogP) is 3.09. The Hall–Kier alpha value is -2.66. The second-order valence-electron chi connectivity index (χ2n) is 6.78. The molecule has 5 heteroatoms. The van der Waals surface area contributed by atoms with Crippen molar-refractivity contribution in [3.8, 4) is 5.75 Å². The number of rotatable bonds is 3. The molecule has 1 aliphatic rings. The van der Waals surface area contributed by atoms with Crippen molar-refractivity contribution in [2.45, 2.75) is 25.8 Å². The summed E-state index contributed by atoms with van der Waals surface area (Å²) in [5.74, 6) is 1.70. The summed E-state index contributed by atoms with van der Waals surface area (Å²) in [5, 5.41) is 0.636. The molecule has 134 valence electrons. The molecule has 4 rings (SSSR count). The van der Waals surface area contributed by atoms with Gasteiger partial charge < -0.3 is 9.72 Å². The SMILES string of the molecule is COc1cccc2c1CCN(C(C)c1nc3ccccc3c(=O)[nH]1)CC2. The van der Waals surface area contributed by atoms with Gasteiger partial charge >= 0.3 is 0 Å². The predicted molar refractivity (Wildman–Crippen MR) is 103 cm³/mol. The van der Waals surface area contributed by atoms with Gasteiger partial charge in [-0.1, -0.05) is 24.3 Å². The van der Waals surface area contributed by atoms with Crippen molar-refractivity contribution in [1.29, 1.82) is 0 Å². The second-order valence-corrected chi connectivity index (χ2v) is 6.78. The van der Waals surface area contributed by atoms with Gasteiger partial charge in [-0.05, 0) is 49.1 Å². The van der Waals surface area contributed by atoms with Crippen LogP contribution in [0.4, 0.5) is 0 Å². The molecule has 26 heavy (non-hydrogen) atoms. The third kappa shape index (κ3) is 2.99. The van der Waals surface area contributed by atoms with Crippen molar-refractivity contribution in [2.75, 3.05) is 20.2 Å². The fraction of sp³-hybridized carbons (Fsp3) is 0.333. The summed E-state index contributed by atoms with van der Waals surface area (Å²) >= 11 is 0. The monoisotopic (exact) mass is 349 g/mol. The molecule has 1 aromatic heterocycles. The zero-order valence-electron chi connectivity index (χ0n) is 15.2. The van der Waals surface area contributed by atoms with Crippen LogP contribution in [0.25, 0.3) is 10.9 Å². The summed E-state index contributed by atoms with van der Waals surface area (Å²) in [5.41, 5.74) is 3.32. The van der Waals surface area contributed by atoms with E-state index in [0.717, 1.165) is 43.0 Å². The molecule has 0 spiro atoms. The van der Waals surface area contributed by atoms with Gasteiger partial charge in [0.2, 0.25) is 0 Å². The fourth-order valence-electron chi connectivity index (χ4n) is 3.81. The van der Waals surface area contributed by atoms with Gasteiger partial charge in [0, 0.05) is 13.1 Å². The minimum absolute atomic E-state index is 0.0487. The maximum Gasteiger partial charge on any atom is 0.258 e. The molecule has 0 aliphatic carbocycles. The van der Waals surface area contributed by atoms with Crippen LogP contribution in [0.15, 0.2) is 47.3 Å². The van der Waals surface area contributed by atoms with Crippen molar-refractivity contribution in [2.24, 2.45) is 0 Å². The maximum atomic E-state index is 12.4. The van der Waals surface area contributed by atoms with Crippen LogP contribution in [0.3, 0.4) is 0 Å². The van der Waals surface area contributed by atoms with Crippen molar-refractivity contribution in [3.05, 3.63) is 69.8 Å². The van der Waals surface area contributed by atoms with E-state index >= 15 is 0 Å². The lowest BCUT2D eigenvalue weighted by atomic mass is 10.0. The third-order valence-corrected chi connectivity index (χ3v) is 5.34. The van der Waals surface area contributed by atoms with Crippen molar-refractivity contribution >= 4 is 10.9 Å². The first-order valence-electron chi connectivity index (χ1n) is 9.05. The van der Waals surface area contributed by atoms with Crippen molar-refractivity contribution in [1.82, 2.24) is 14.9 Å². The van der Waals surface area contributed by atoms with E-state index in [2.05, 4.69) is 28.9 Å². The smallest absolute Gasteiger partial charge is 0.258 e. The van der Waals surface area contributed by atoms with Crippen LogP contribution >= 0.6 is 0 Å². The summed E-state index contributed by atoms with van der Waals surface area (Å²) in [6, 6.07) is 13.8. The van der Waals surface area contributed by atoms with Crippen LogP contribution in [0, 0.1) is 0 Å². The minimum atomic E-state index is -0.0720. The first-order chi connectivity index (χ1) is 12.7. The summed E-state index contributed by atoms with van der Waals surface area (Å²) < 4.78 is 5.53. The topological polar surface area (TPSA) is 58.2 Å². The largest absolute Gasteiger partial charge is 0.496 e. The van der Waals surface area contributed by atoms with Crippen LogP contribution in [-0.4, -0.2) is 35.1 Å². The molecule has 3 aromatic rings. The van der Waals surface area contributed by atoms with Gasteiger partial charge in [0.25, 0.3) is 5.56 Å². The Bertz CT molecular complexity index is 996. The van der Waals surface area contributed by atoms with Gasteiger partial charge in [-0.2, -0.15) is 0 Å². The Morgan fingerprint density at radius 1 is 1.12 bits per heavy atom. The van der Waals surface area contributed by atoms with Gasteiger partial charge in [0.05, 0.1) is 24.1 Å². The molecule has 0 saturated carbocycles. The minimum Gasteiger partial charge on any atom is -0.496 e. The number of H-pyrrole nitrogens is 1. The number of nitrogens with zero attached hydrogens (tertiary/aromatic N) is 2.